The van der Waals surface area contributed by atoms with Crippen LogP contribution >= 0.6 is 11.6 Å². The van der Waals surface area contributed by atoms with E-state index in [4.69, 9.17) is 16.7 Å². The summed E-state index contributed by atoms with van der Waals surface area (Å²) in [7, 11) is 1.87. The fourth-order valence-electron chi connectivity index (χ4n) is 1.79. The summed E-state index contributed by atoms with van der Waals surface area (Å²) in [6, 6.07) is 7.13. The number of hydrogen-bond acceptors (Lipinski definition) is 3. The van der Waals surface area contributed by atoms with Crippen molar-refractivity contribution in [2.45, 2.75) is 6.54 Å². The van der Waals surface area contributed by atoms with Crippen molar-refractivity contribution in [3.8, 4) is 0 Å². The van der Waals surface area contributed by atoms with Crippen LogP contribution < -0.4 is 4.90 Å². The molecule has 0 saturated carbocycles. The number of imidazole rings is 1. The second kappa shape index (κ2) is 5.75. The number of carbonyl (C=O) groups is 1. The standard InChI is InChI=1S/C13H14ClN3O2/c1-16-6-5-15-12(16)8-17(9-13(18)19)11-4-2-3-10(14)7-11/h2-7H,8-9H2,1H3,(H,18,19). The summed E-state index contributed by atoms with van der Waals surface area (Å²) in [6.07, 6.45) is 3.51. The molecule has 0 unspecified atom stereocenters. The normalized spacial score (nSPS) is 10.4. The lowest BCUT2D eigenvalue weighted by molar-refractivity contribution is -0.135. The number of aromatic nitrogens is 2. The smallest absolute Gasteiger partial charge is 0.323 e. The maximum absolute atomic E-state index is 11.0. The van der Waals surface area contributed by atoms with E-state index in [0.29, 0.717) is 11.6 Å². The van der Waals surface area contributed by atoms with Crippen LogP contribution in [0.15, 0.2) is 36.7 Å². The third-order valence-electron chi connectivity index (χ3n) is 2.75. The second-order valence-electron chi connectivity index (χ2n) is 4.18. The summed E-state index contributed by atoms with van der Waals surface area (Å²) in [4.78, 5) is 16.9. The number of aryl methyl sites for hydroxylation is 1. The highest BCUT2D eigenvalue weighted by molar-refractivity contribution is 6.30. The number of benzene rings is 1. The van der Waals surface area contributed by atoms with Gasteiger partial charge in [-0.15, -0.1) is 0 Å². The third-order valence-corrected chi connectivity index (χ3v) is 2.99. The number of anilines is 1. The summed E-state index contributed by atoms with van der Waals surface area (Å²) in [5, 5.41) is 9.59. The van der Waals surface area contributed by atoms with Gasteiger partial charge in [-0.3, -0.25) is 4.79 Å². The molecule has 0 amide bonds. The zero-order chi connectivity index (χ0) is 13.8. The van der Waals surface area contributed by atoms with Gasteiger partial charge in [-0.2, -0.15) is 0 Å². The molecule has 100 valence electrons. The number of hydrogen-bond donors (Lipinski definition) is 1. The number of halogens is 1. The number of carboxylic acids is 1. The number of carboxylic acid groups (broad SMARTS) is 1. The number of nitrogens with zero attached hydrogens (tertiary/aromatic N) is 3. The van der Waals surface area contributed by atoms with Gasteiger partial charge in [0.05, 0.1) is 6.54 Å². The van der Waals surface area contributed by atoms with Gasteiger partial charge in [0.15, 0.2) is 0 Å². The highest BCUT2D eigenvalue weighted by atomic mass is 35.5. The highest BCUT2D eigenvalue weighted by Crippen LogP contribution is 2.20. The third kappa shape index (κ3) is 3.48. The summed E-state index contributed by atoms with van der Waals surface area (Å²) >= 11 is 5.94. The molecule has 19 heavy (non-hydrogen) atoms. The monoisotopic (exact) mass is 279 g/mol. The molecular formula is C13H14ClN3O2. The van der Waals surface area contributed by atoms with Crippen molar-refractivity contribution in [1.29, 1.82) is 0 Å². The van der Waals surface area contributed by atoms with Gasteiger partial charge in [0, 0.05) is 30.2 Å². The molecule has 0 aliphatic rings. The molecular weight excluding hydrogens is 266 g/mol. The van der Waals surface area contributed by atoms with Crippen molar-refractivity contribution in [3.63, 3.8) is 0 Å². The maximum Gasteiger partial charge on any atom is 0.323 e. The lowest BCUT2D eigenvalue weighted by Gasteiger charge is -2.22. The Hall–Kier alpha value is -2.01. The molecule has 6 heteroatoms. The fraction of sp³-hybridized carbons (Fsp3) is 0.231. The Bertz CT molecular complexity index is 583. The van der Waals surface area contributed by atoms with Crippen LogP contribution in [0.4, 0.5) is 5.69 Å². The average molecular weight is 280 g/mol. The summed E-state index contributed by atoms with van der Waals surface area (Å²) < 4.78 is 1.86. The second-order valence-corrected chi connectivity index (χ2v) is 4.62. The Morgan fingerprint density at radius 2 is 2.32 bits per heavy atom. The van der Waals surface area contributed by atoms with Gasteiger partial charge in [-0.1, -0.05) is 17.7 Å². The van der Waals surface area contributed by atoms with Gasteiger partial charge in [-0.25, -0.2) is 4.98 Å². The lowest BCUT2D eigenvalue weighted by Crippen LogP contribution is -2.30. The molecule has 0 atom stereocenters. The Morgan fingerprint density at radius 3 is 2.89 bits per heavy atom. The molecule has 0 radical (unpaired) electrons. The fourth-order valence-corrected chi connectivity index (χ4v) is 1.98. The zero-order valence-electron chi connectivity index (χ0n) is 10.5. The molecule has 5 nitrogen and oxygen atoms in total. The van der Waals surface area contributed by atoms with Crippen molar-refractivity contribution in [2.75, 3.05) is 11.4 Å². The quantitative estimate of drug-likeness (QED) is 0.911. The molecule has 1 aromatic heterocycles. The molecule has 0 bridgehead atoms. The molecule has 0 aliphatic heterocycles. The van der Waals surface area contributed by atoms with Gasteiger partial charge in [0.25, 0.3) is 0 Å². The Balaban J connectivity index is 2.26. The molecule has 0 spiro atoms. The highest BCUT2D eigenvalue weighted by Gasteiger charge is 2.13. The van der Waals surface area contributed by atoms with Gasteiger partial charge >= 0.3 is 5.97 Å². The van der Waals surface area contributed by atoms with E-state index in [0.717, 1.165) is 11.5 Å². The van der Waals surface area contributed by atoms with E-state index in [9.17, 15) is 4.79 Å². The van der Waals surface area contributed by atoms with Crippen LogP contribution in [0.3, 0.4) is 0 Å². The van der Waals surface area contributed by atoms with E-state index >= 15 is 0 Å². The maximum atomic E-state index is 11.0. The predicted molar refractivity (Wildman–Crippen MR) is 73.3 cm³/mol. The average Bonchev–Trinajstić information content (AvgIpc) is 2.74. The van der Waals surface area contributed by atoms with E-state index in [1.807, 2.05) is 23.9 Å². The van der Waals surface area contributed by atoms with E-state index in [1.165, 1.54) is 0 Å². The Labute approximate surface area is 116 Å². The van der Waals surface area contributed by atoms with Crippen molar-refractivity contribution in [1.82, 2.24) is 9.55 Å². The number of aliphatic carboxylic acids is 1. The first-order chi connectivity index (χ1) is 9.06. The predicted octanol–water partition coefficient (Wildman–Crippen LogP) is 2.16. The van der Waals surface area contributed by atoms with Crippen molar-refractivity contribution >= 4 is 23.3 Å². The topological polar surface area (TPSA) is 58.4 Å². The van der Waals surface area contributed by atoms with Gasteiger partial charge in [-0.05, 0) is 18.2 Å². The number of rotatable bonds is 5. The molecule has 1 heterocycles. The van der Waals surface area contributed by atoms with Crippen LogP contribution in [0.5, 0.6) is 0 Å². The Morgan fingerprint density at radius 1 is 1.53 bits per heavy atom. The molecule has 2 rings (SSSR count). The van der Waals surface area contributed by atoms with Gasteiger partial charge < -0.3 is 14.6 Å². The van der Waals surface area contributed by atoms with E-state index in [2.05, 4.69) is 4.98 Å². The lowest BCUT2D eigenvalue weighted by atomic mass is 10.2. The van der Waals surface area contributed by atoms with Crippen LogP contribution in [0.25, 0.3) is 0 Å². The molecule has 0 saturated heterocycles. The summed E-state index contributed by atoms with van der Waals surface area (Å²) in [5.41, 5.74) is 0.762. The molecule has 1 N–H and O–H groups in total. The summed E-state index contributed by atoms with van der Waals surface area (Å²) in [5.74, 6) is -0.101. The SMILES string of the molecule is Cn1ccnc1CN(CC(=O)O)c1cccc(Cl)c1. The van der Waals surface area contributed by atoms with Crippen molar-refractivity contribution in [3.05, 3.63) is 47.5 Å². The Kier molecular flexibility index (Phi) is 4.06. The van der Waals surface area contributed by atoms with E-state index in [1.54, 1.807) is 29.3 Å². The first-order valence-electron chi connectivity index (χ1n) is 5.75. The van der Waals surface area contributed by atoms with E-state index in [-0.39, 0.29) is 6.54 Å². The van der Waals surface area contributed by atoms with Gasteiger partial charge in [0.2, 0.25) is 0 Å². The summed E-state index contributed by atoms with van der Waals surface area (Å²) in [6.45, 7) is 0.309. The van der Waals surface area contributed by atoms with Crippen molar-refractivity contribution < 1.29 is 9.90 Å². The molecule has 2 aromatic rings. The first kappa shape index (κ1) is 13.4. The van der Waals surface area contributed by atoms with Crippen LogP contribution in [-0.4, -0.2) is 27.2 Å². The zero-order valence-corrected chi connectivity index (χ0v) is 11.2. The van der Waals surface area contributed by atoms with Crippen LogP contribution in [0.1, 0.15) is 5.82 Å². The molecule has 0 fully saturated rings. The van der Waals surface area contributed by atoms with Crippen LogP contribution in [-0.2, 0) is 18.4 Å². The van der Waals surface area contributed by atoms with Crippen molar-refractivity contribution in [2.24, 2.45) is 7.05 Å². The minimum Gasteiger partial charge on any atom is -0.480 e. The minimum absolute atomic E-state index is 0.104. The molecule has 1 aromatic carbocycles. The minimum atomic E-state index is -0.894. The van der Waals surface area contributed by atoms with Crippen LogP contribution in [0, 0.1) is 0 Å². The van der Waals surface area contributed by atoms with Crippen LogP contribution in [0.2, 0.25) is 5.02 Å². The van der Waals surface area contributed by atoms with E-state index < -0.39 is 5.97 Å². The van der Waals surface area contributed by atoms with Gasteiger partial charge in [0.1, 0.15) is 12.4 Å². The first-order valence-corrected chi connectivity index (χ1v) is 6.12. The molecule has 0 aliphatic carbocycles. The largest absolute Gasteiger partial charge is 0.480 e.